The van der Waals surface area contributed by atoms with Gasteiger partial charge in [-0.05, 0) is 0 Å². The first kappa shape index (κ1) is 12.7. The average Bonchev–Trinajstić information content (AvgIpc) is 2.54. The van der Waals surface area contributed by atoms with Crippen molar-refractivity contribution in [2.45, 2.75) is 11.6 Å². The van der Waals surface area contributed by atoms with Gasteiger partial charge in [-0.2, -0.15) is 0 Å². The van der Waals surface area contributed by atoms with Gasteiger partial charge in [0.1, 0.15) is 0 Å². The van der Waals surface area contributed by atoms with Crippen molar-refractivity contribution in [3.8, 4) is 0 Å². The molecule has 0 aromatic carbocycles. The lowest BCUT2D eigenvalue weighted by Gasteiger charge is -2.29. The quantitative estimate of drug-likeness (QED) is 0.436. The predicted molar refractivity (Wildman–Crippen MR) is 50.6 cm³/mol. The van der Waals surface area contributed by atoms with E-state index in [-0.39, 0.29) is 0 Å². The molecule has 15 heavy (non-hydrogen) atoms. The van der Waals surface area contributed by atoms with Gasteiger partial charge in [-0.1, -0.05) is 0 Å². The lowest BCUT2D eigenvalue weighted by Crippen LogP contribution is -2.31. The summed E-state index contributed by atoms with van der Waals surface area (Å²) in [5.41, 5.74) is 0. The molecule has 0 aliphatic heterocycles. The van der Waals surface area contributed by atoms with E-state index < -0.39 is 27.6 Å². The number of imidazole rings is 1. The van der Waals surface area contributed by atoms with Crippen molar-refractivity contribution in [2.24, 2.45) is 0 Å². The number of rotatable bonds is 4. The smallest absolute Gasteiger partial charge is 0.367 e. The Bertz CT molecular complexity index is 362. The van der Waals surface area contributed by atoms with Crippen molar-refractivity contribution in [3.63, 3.8) is 0 Å². The molecule has 0 radical (unpaired) electrons. The minimum Gasteiger partial charge on any atom is -0.369 e. The third kappa shape index (κ3) is 2.62. The van der Waals surface area contributed by atoms with Gasteiger partial charge in [0.15, 0.2) is 0 Å². The number of aliphatic hydroxyl groups is 1. The Labute approximate surface area is 85.9 Å². The van der Waals surface area contributed by atoms with Crippen LogP contribution in [0.4, 0.5) is 0 Å². The summed E-state index contributed by atoms with van der Waals surface area (Å²) in [6.07, 6.45) is 3.86. The van der Waals surface area contributed by atoms with Gasteiger partial charge in [0.05, 0.1) is 12.9 Å². The van der Waals surface area contributed by atoms with Crippen LogP contribution in [0.5, 0.6) is 0 Å². The molecular formula is C5H10N2O6P2. The second-order valence-electron chi connectivity index (χ2n) is 2.84. The first-order valence-corrected chi connectivity index (χ1v) is 6.55. The van der Waals surface area contributed by atoms with E-state index in [1.54, 1.807) is 0 Å². The Balaban J connectivity index is 2.99. The molecule has 0 spiro atoms. The lowest BCUT2D eigenvalue weighted by atomic mass is 10.6. The number of nitrogens with zero attached hydrogens (tertiary/aromatic N) is 2. The van der Waals surface area contributed by atoms with Crippen LogP contribution in [0.1, 0.15) is 0 Å². The fourth-order valence-corrected chi connectivity index (χ4v) is 2.47. The molecular weight excluding hydrogens is 246 g/mol. The van der Waals surface area contributed by atoms with Crippen LogP contribution in [-0.4, -0.2) is 39.3 Å². The van der Waals surface area contributed by atoms with Crippen molar-refractivity contribution in [1.82, 2.24) is 9.55 Å². The van der Waals surface area contributed by atoms with Crippen LogP contribution < -0.4 is 0 Å². The molecule has 0 amide bonds. The molecule has 1 unspecified atom stereocenters. The summed E-state index contributed by atoms with van der Waals surface area (Å²) in [6, 6.07) is 0. The maximum Gasteiger partial charge on any atom is 0.367 e. The molecule has 0 fully saturated rings. The fraction of sp³-hybridized carbons (Fsp3) is 0.400. The standard InChI is InChI=1S/C5H10N2O6P2/c8-5(14(9)10,15(11,12)13)3-7-2-1-6-4-7/h1-2,4,8-10H,3H2,(H2,11,12,13). The van der Waals surface area contributed by atoms with Crippen LogP contribution in [0, 0.1) is 0 Å². The minimum atomic E-state index is -5.05. The number of aromatic nitrogens is 2. The molecule has 1 atom stereocenters. The van der Waals surface area contributed by atoms with Crippen molar-refractivity contribution >= 4 is 16.0 Å². The normalized spacial score (nSPS) is 16.7. The largest absolute Gasteiger partial charge is 0.369 e. The minimum absolute atomic E-state index is 0.643. The first-order chi connectivity index (χ1) is 6.77. The van der Waals surface area contributed by atoms with Crippen LogP contribution in [0.2, 0.25) is 0 Å². The van der Waals surface area contributed by atoms with Gasteiger partial charge in [0.2, 0.25) is 8.38 Å². The van der Waals surface area contributed by atoms with Gasteiger partial charge < -0.3 is 29.2 Å². The molecule has 1 aromatic heterocycles. The summed E-state index contributed by atoms with van der Waals surface area (Å²) < 4.78 is 12.1. The molecule has 0 bridgehead atoms. The Morgan fingerprint density at radius 1 is 1.47 bits per heavy atom. The van der Waals surface area contributed by atoms with Crippen LogP contribution in [0.25, 0.3) is 0 Å². The molecule has 0 aliphatic rings. The van der Waals surface area contributed by atoms with Gasteiger partial charge in [-0.15, -0.1) is 0 Å². The summed E-state index contributed by atoms with van der Waals surface area (Å²) >= 11 is 0. The molecule has 86 valence electrons. The monoisotopic (exact) mass is 256 g/mol. The van der Waals surface area contributed by atoms with Gasteiger partial charge in [-0.25, -0.2) is 4.98 Å². The van der Waals surface area contributed by atoms with Crippen molar-refractivity contribution < 1.29 is 29.2 Å². The zero-order valence-electron chi connectivity index (χ0n) is 7.37. The van der Waals surface area contributed by atoms with Gasteiger partial charge in [-0.3, -0.25) is 4.57 Å². The SMILES string of the molecule is O=P(O)(O)C(O)(Cn1ccnc1)P(O)O. The summed E-state index contributed by atoms with van der Waals surface area (Å²) in [5, 5.41) is 6.64. The highest BCUT2D eigenvalue weighted by Crippen LogP contribution is 2.63. The predicted octanol–water partition coefficient (Wildman–Crippen LogP) is -0.997. The second kappa shape index (κ2) is 4.27. The molecule has 0 saturated heterocycles. The summed E-state index contributed by atoms with van der Waals surface area (Å²) in [6.45, 7) is -0.643. The van der Waals surface area contributed by atoms with Crippen LogP contribution in [-0.2, 0) is 11.1 Å². The van der Waals surface area contributed by atoms with Crippen LogP contribution in [0.15, 0.2) is 18.7 Å². The van der Waals surface area contributed by atoms with E-state index in [9.17, 15) is 9.67 Å². The fourth-order valence-electron chi connectivity index (χ4n) is 0.897. The van der Waals surface area contributed by atoms with Crippen molar-refractivity contribution in [3.05, 3.63) is 18.7 Å². The third-order valence-corrected chi connectivity index (χ3v) is 4.92. The molecule has 0 aliphatic carbocycles. The van der Waals surface area contributed by atoms with E-state index in [2.05, 4.69) is 4.98 Å². The number of hydrogen-bond acceptors (Lipinski definition) is 5. The van der Waals surface area contributed by atoms with E-state index in [1.807, 2.05) is 0 Å². The zero-order chi connectivity index (χ0) is 11.7. The van der Waals surface area contributed by atoms with Gasteiger partial charge in [0, 0.05) is 12.4 Å². The van der Waals surface area contributed by atoms with Gasteiger partial charge >= 0.3 is 7.60 Å². The van der Waals surface area contributed by atoms with Crippen LogP contribution >= 0.6 is 16.0 Å². The molecule has 1 rings (SSSR count). The zero-order valence-corrected chi connectivity index (χ0v) is 9.16. The molecule has 1 aromatic rings. The topological polar surface area (TPSA) is 136 Å². The number of hydrogen-bond donors (Lipinski definition) is 5. The Morgan fingerprint density at radius 3 is 2.40 bits per heavy atom. The van der Waals surface area contributed by atoms with E-state index >= 15 is 0 Å². The van der Waals surface area contributed by atoms with Gasteiger partial charge in [0.25, 0.3) is 5.08 Å². The van der Waals surface area contributed by atoms with Crippen molar-refractivity contribution in [1.29, 1.82) is 0 Å². The molecule has 5 N–H and O–H groups in total. The highest BCUT2D eigenvalue weighted by atomic mass is 31.2. The Morgan fingerprint density at radius 2 is 2.07 bits per heavy atom. The molecule has 8 nitrogen and oxygen atoms in total. The Kier molecular flexibility index (Phi) is 3.63. The highest BCUT2D eigenvalue weighted by molar-refractivity contribution is 7.69. The van der Waals surface area contributed by atoms with E-state index in [0.717, 1.165) is 4.57 Å². The lowest BCUT2D eigenvalue weighted by molar-refractivity contribution is 0.130. The summed E-state index contributed by atoms with van der Waals surface area (Å²) in [4.78, 5) is 39.0. The maximum atomic E-state index is 10.9. The van der Waals surface area contributed by atoms with E-state index in [4.69, 9.17) is 19.6 Å². The highest BCUT2D eigenvalue weighted by Gasteiger charge is 2.52. The third-order valence-electron chi connectivity index (χ3n) is 1.74. The van der Waals surface area contributed by atoms with Crippen molar-refractivity contribution in [2.75, 3.05) is 0 Å². The molecule has 1 heterocycles. The molecule has 10 heteroatoms. The maximum absolute atomic E-state index is 10.9. The second-order valence-corrected chi connectivity index (χ2v) is 6.34. The van der Waals surface area contributed by atoms with Crippen LogP contribution in [0.3, 0.4) is 0 Å². The summed E-state index contributed by atoms with van der Waals surface area (Å²) in [5.74, 6) is 0. The van der Waals surface area contributed by atoms with E-state index in [0.29, 0.717) is 0 Å². The average molecular weight is 256 g/mol. The molecule has 0 saturated carbocycles. The Hall–Kier alpha value is -0.330. The summed E-state index contributed by atoms with van der Waals surface area (Å²) in [7, 11) is -8.24. The first-order valence-electron chi connectivity index (χ1n) is 3.69. The van der Waals surface area contributed by atoms with E-state index in [1.165, 1.54) is 18.7 Å².